The van der Waals surface area contributed by atoms with Crippen LogP contribution in [-0.4, -0.2) is 38.8 Å². The summed E-state index contributed by atoms with van der Waals surface area (Å²) in [5.41, 5.74) is 2.41. The molecule has 0 spiro atoms. The number of pyridine rings is 2. The smallest absolute Gasteiger partial charge is 0.311 e. The molecule has 1 N–H and O–H groups in total. The highest BCUT2D eigenvalue weighted by atomic mass is 16.6. The molecule has 1 saturated heterocycles. The monoisotopic (exact) mass is 364 g/mol. The van der Waals surface area contributed by atoms with E-state index >= 15 is 0 Å². The van der Waals surface area contributed by atoms with E-state index in [2.05, 4.69) is 21.5 Å². The second kappa shape index (κ2) is 7.01. The van der Waals surface area contributed by atoms with Gasteiger partial charge in [-0.25, -0.2) is 9.50 Å². The van der Waals surface area contributed by atoms with Crippen molar-refractivity contribution in [2.24, 2.45) is 0 Å². The zero-order valence-corrected chi connectivity index (χ0v) is 14.3. The summed E-state index contributed by atoms with van der Waals surface area (Å²) in [5.74, 6) is 0.236. The average molecular weight is 364 g/mol. The van der Waals surface area contributed by atoms with Crippen molar-refractivity contribution in [2.75, 3.05) is 18.5 Å². The predicted molar refractivity (Wildman–Crippen MR) is 97.3 cm³/mol. The Bertz CT molecular complexity index is 1050. The van der Waals surface area contributed by atoms with Crippen LogP contribution in [0.1, 0.15) is 18.4 Å². The maximum absolute atomic E-state index is 11.4. The van der Waals surface area contributed by atoms with Crippen molar-refractivity contribution in [1.82, 2.24) is 14.6 Å². The van der Waals surface area contributed by atoms with Gasteiger partial charge in [0.15, 0.2) is 0 Å². The Balaban J connectivity index is 1.76. The summed E-state index contributed by atoms with van der Waals surface area (Å²) >= 11 is 0. The van der Waals surface area contributed by atoms with E-state index in [4.69, 9.17) is 10.00 Å². The van der Waals surface area contributed by atoms with Crippen molar-refractivity contribution >= 4 is 17.0 Å². The molecule has 27 heavy (non-hydrogen) atoms. The van der Waals surface area contributed by atoms with Gasteiger partial charge < -0.3 is 10.1 Å². The number of anilines is 1. The Morgan fingerprint density at radius 1 is 1.33 bits per heavy atom. The molecule has 0 saturated carbocycles. The lowest BCUT2D eigenvalue weighted by Crippen LogP contribution is -2.28. The molecule has 4 heterocycles. The van der Waals surface area contributed by atoms with Gasteiger partial charge >= 0.3 is 5.69 Å². The van der Waals surface area contributed by atoms with Crippen LogP contribution in [0.3, 0.4) is 0 Å². The van der Waals surface area contributed by atoms with Crippen LogP contribution in [0.25, 0.3) is 16.8 Å². The zero-order valence-electron chi connectivity index (χ0n) is 14.3. The molecule has 0 unspecified atom stereocenters. The molecule has 1 aliphatic heterocycles. The summed E-state index contributed by atoms with van der Waals surface area (Å²) in [5, 5.41) is 28.0. The highest BCUT2D eigenvalue weighted by molar-refractivity contribution is 5.80. The number of nitriles is 1. The fourth-order valence-electron chi connectivity index (χ4n) is 3.14. The lowest BCUT2D eigenvalue weighted by Gasteiger charge is -2.23. The third kappa shape index (κ3) is 3.30. The first kappa shape index (κ1) is 16.9. The highest BCUT2D eigenvalue weighted by Gasteiger charge is 2.22. The topological polar surface area (TPSA) is 118 Å². The molecular weight excluding hydrogens is 348 g/mol. The first-order valence-corrected chi connectivity index (χ1v) is 8.53. The van der Waals surface area contributed by atoms with Crippen LogP contribution in [0, 0.1) is 21.4 Å². The Morgan fingerprint density at radius 3 is 2.89 bits per heavy atom. The van der Waals surface area contributed by atoms with Crippen LogP contribution >= 0.6 is 0 Å². The maximum atomic E-state index is 11.4. The molecule has 1 aliphatic rings. The van der Waals surface area contributed by atoms with E-state index in [1.165, 1.54) is 6.07 Å². The van der Waals surface area contributed by atoms with Crippen LogP contribution in [0.2, 0.25) is 0 Å². The quantitative estimate of drug-likeness (QED) is 0.558. The minimum atomic E-state index is -0.442. The summed E-state index contributed by atoms with van der Waals surface area (Å²) < 4.78 is 6.98. The van der Waals surface area contributed by atoms with Crippen molar-refractivity contribution in [3.63, 3.8) is 0 Å². The zero-order chi connectivity index (χ0) is 18.8. The number of rotatable bonds is 4. The summed E-state index contributed by atoms with van der Waals surface area (Å²) in [6, 6.07) is 8.62. The molecule has 0 aliphatic carbocycles. The van der Waals surface area contributed by atoms with Crippen LogP contribution in [0.15, 0.2) is 36.7 Å². The van der Waals surface area contributed by atoms with Gasteiger partial charge in [-0.2, -0.15) is 10.4 Å². The fraction of sp³-hybridized carbons (Fsp3) is 0.278. The number of fused-ring (bicyclic) bond motifs is 1. The Morgan fingerprint density at radius 2 is 2.15 bits per heavy atom. The molecule has 1 fully saturated rings. The van der Waals surface area contributed by atoms with E-state index in [-0.39, 0.29) is 17.5 Å². The summed E-state index contributed by atoms with van der Waals surface area (Å²) in [6.45, 7) is 1.24. The molecule has 3 aromatic rings. The van der Waals surface area contributed by atoms with Crippen molar-refractivity contribution in [2.45, 2.75) is 18.9 Å². The van der Waals surface area contributed by atoms with Crippen LogP contribution in [-0.2, 0) is 4.74 Å². The van der Waals surface area contributed by atoms with Gasteiger partial charge in [-0.1, -0.05) is 0 Å². The minimum Gasteiger partial charge on any atom is -0.381 e. The molecule has 0 aromatic carbocycles. The van der Waals surface area contributed by atoms with Gasteiger partial charge in [0.1, 0.15) is 0 Å². The van der Waals surface area contributed by atoms with E-state index in [1.807, 2.05) is 0 Å². The minimum absolute atomic E-state index is 0.0700. The number of nitrogens with one attached hydrogen (secondary N) is 1. The summed E-state index contributed by atoms with van der Waals surface area (Å²) in [4.78, 5) is 15.5. The third-order valence-corrected chi connectivity index (χ3v) is 4.56. The standard InChI is InChI=1S/C18H16N6O3/c19-10-12-3-6-23-17(9-12)14(11-20-23)15-1-2-16(24(25)26)18(22-15)21-13-4-7-27-8-5-13/h1-3,6,9,11,13H,4-5,7-8H2,(H,21,22). The van der Waals surface area contributed by atoms with Crippen molar-refractivity contribution < 1.29 is 9.66 Å². The van der Waals surface area contributed by atoms with Crippen LogP contribution < -0.4 is 5.32 Å². The molecule has 0 bridgehead atoms. The Labute approximate surface area is 154 Å². The molecule has 9 nitrogen and oxygen atoms in total. The SMILES string of the molecule is N#Cc1ccn2ncc(-c3ccc([N+](=O)[O-])c(NC4CCOCC4)n3)c2c1. The van der Waals surface area contributed by atoms with E-state index in [9.17, 15) is 10.1 Å². The third-order valence-electron chi connectivity index (χ3n) is 4.56. The van der Waals surface area contributed by atoms with E-state index in [0.29, 0.717) is 35.6 Å². The number of nitro groups is 1. The van der Waals surface area contributed by atoms with Gasteiger partial charge in [0.05, 0.1) is 34.0 Å². The Hall–Kier alpha value is -3.51. The number of hydrogen-bond donors (Lipinski definition) is 1. The van der Waals surface area contributed by atoms with Gasteiger partial charge in [0, 0.05) is 37.1 Å². The van der Waals surface area contributed by atoms with E-state index in [1.54, 1.807) is 35.1 Å². The molecule has 9 heteroatoms. The summed E-state index contributed by atoms with van der Waals surface area (Å²) in [7, 11) is 0. The van der Waals surface area contributed by atoms with Crippen LogP contribution in [0.4, 0.5) is 11.5 Å². The normalized spacial score (nSPS) is 14.8. The largest absolute Gasteiger partial charge is 0.381 e. The molecule has 3 aromatic heterocycles. The van der Waals surface area contributed by atoms with Gasteiger partial charge in [-0.05, 0) is 31.0 Å². The lowest BCUT2D eigenvalue weighted by molar-refractivity contribution is -0.384. The highest BCUT2D eigenvalue weighted by Crippen LogP contribution is 2.30. The number of aromatic nitrogens is 3. The predicted octanol–water partition coefficient (Wildman–Crippen LogP) is 2.77. The van der Waals surface area contributed by atoms with Gasteiger partial charge in [0.2, 0.25) is 5.82 Å². The van der Waals surface area contributed by atoms with Crippen LogP contribution in [0.5, 0.6) is 0 Å². The van der Waals surface area contributed by atoms with Crippen molar-refractivity contribution in [3.8, 4) is 17.3 Å². The van der Waals surface area contributed by atoms with Gasteiger partial charge in [-0.15, -0.1) is 0 Å². The first-order valence-electron chi connectivity index (χ1n) is 8.53. The molecule has 4 rings (SSSR count). The maximum Gasteiger partial charge on any atom is 0.311 e. The fourth-order valence-corrected chi connectivity index (χ4v) is 3.14. The number of hydrogen-bond acceptors (Lipinski definition) is 7. The number of nitrogens with zero attached hydrogens (tertiary/aromatic N) is 5. The van der Waals surface area contributed by atoms with Crippen molar-refractivity contribution in [3.05, 3.63) is 52.3 Å². The molecule has 136 valence electrons. The van der Waals surface area contributed by atoms with E-state index in [0.717, 1.165) is 12.8 Å². The van der Waals surface area contributed by atoms with Crippen molar-refractivity contribution in [1.29, 1.82) is 5.26 Å². The first-order chi connectivity index (χ1) is 13.2. The van der Waals surface area contributed by atoms with E-state index < -0.39 is 4.92 Å². The second-order valence-corrected chi connectivity index (χ2v) is 6.27. The molecular formula is C18H16N6O3. The molecule has 0 radical (unpaired) electrons. The second-order valence-electron chi connectivity index (χ2n) is 6.27. The molecule has 0 amide bonds. The molecule has 0 atom stereocenters. The average Bonchev–Trinajstić information content (AvgIpc) is 3.11. The Kier molecular flexibility index (Phi) is 4.40. The van der Waals surface area contributed by atoms with Gasteiger partial charge in [-0.3, -0.25) is 10.1 Å². The van der Waals surface area contributed by atoms with Gasteiger partial charge in [0.25, 0.3) is 0 Å². The number of ether oxygens (including phenoxy) is 1. The summed E-state index contributed by atoms with van der Waals surface area (Å²) in [6.07, 6.45) is 4.88. The lowest BCUT2D eigenvalue weighted by atomic mass is 10.1.